The quantitative estimate of drug-likeness (QED) is 0.400. The van der Waals surface area contributed by atoms with Gasteiger partial charge in [-0.25, -0.2) is 0 Å². The molecule has 1 rings (SSSR count). The van der Waals surface area contributed by atoms with Crippen molar-refractivity contribution in [1.29, 1.82) is 0 Å². The fraction of sp³-hybridized carbons (Fsp3) is 0.333. The number of halogens is 2. The Balaban J connectivity index is 0.000001000. The van der Waals surface area contributed by atoms with Crippen molar-refractivity contribution in [3.63, 3.8) is 0 Å². The van der Waals surface area contributed by atoms with Crippen LogP contribution < -0.4 is 33.4 Å². The SMILES string of the molecule is COc1ccc(I)n[n+]1C.[I-]. The van der Waals surface area contributed by atoms with Crippen LogP contribution in [-0.2, 0) is 7.05 Å². The first kappa shape index (κ1) is 11.3. The maximum absolute atomic E-state index is 5.00. The zero-order valence-electron chi connectivity index (χ0n) is 6.21. The van der Waals surface area contributed by atoms with E-state index < -0.39 is 0 Å². The first-order valence-corrected chi connectivity index (χ1v) is 3.89. The van der Waals surface area contributed by atoms with Crippen LogP contribution in [-0.4, -0.2) is 12.2 Å². The van der Waals surface area contributed by atoms with Crippen LogP contribution in [0.2, 0.25) is 0 Å². The van der Waals surface area contributed by atoms with E-state index in [2.05, 4.69) is 27.7 Å². The molecule has 1 aromatic heterocycles. The molecule has 62 valence electrons. The normalized spacial score (nSPS) is 8.64. The van der Waals surface area contributed by atoms with E-state index in [4.69, 9.17) is 4.74 Å². The molecule has 1 aromatic rings. The zero-order valence-corrected chi connectivity index (χ0v) is 10.5. The minimum Gasteiger partial charge on any atom is -1.00 e. The van der Waals surface area contributed by atoms with Crippen LogP contribution in [0.4, 0.5) is 0 Å². The van der Waals surface area contributed by atoms with Crippen molar-refractivity contribution in [2.45, 2.75) is 0 Å². The molecule has 0 amide bonds. The predicted octanol–water partition coefficient (Wildman–Crippen LogP) is -2.48. The number of hydrogen-bond donors (Lipinski definition) is 0. The lowest BCUT2D eigenvalue weighted by molar-refractivity contribution is -0.735. The van der Waals surface area contributed by atoms with E-state index in [-0.39, 0.29) is 24.0 Å². The van der Waals surface area contributed by atoms with Crippen LogP contribution in [0.5, 0.6) is 5.88 Å². The molecule has 0 bridgehead atoms. The topological polar surface area (TPSA) is 26.0 Å². The van der Waals surface area contributed by atoms with Gasteiger partial charge < -0.3 is 28.7 Å². The number of aryl methyl sites for hydroxylation is 1. The zero-order chi connectivity index (χ0) is 7.56. The molecule has 0 saturated carbocycles. The summed E-state index contributed by atoms with van der Waals surface area (Å²) in [5.41, 5.74) is 0. The monoisotopic (exact) mass is 378 g/mol. The molecular formula is C6H8I2N2O. The highest BCUT2D eigenvalue weighted by molar-refractivity contribution is 14.1. The molecule has 11 heavy (non-hydrogen) atoms. The summed E-state index contributed by atoms with van der Waals surface area (Å²) in [6.45, 7) is 0. The average molecular weight is 378 g/mol. The van der Waals surface area contributed by atoms with Gasteiger partial charge in [0.15, 0.2) is 10.7 Å². The number of methoxy groups -OCH3 is 1. The maximum Gasteiger partial charge on any atom is 0.393 e. The molecule has 0 aliphatic heterocycles. The third-order valence-electron chi connectivity index (χ3n) is 1.14. The average Bonchev–Trinajstić information content (AvgIpc) is 1.88. The fourth-order valence-electron chi connectivity index (χ4n) is 0.674. The van der Waals surface area contributed by atoms with Crippen LogP contribution in [0, 0.1) is 3.70 Å². The standard InChI is InChI=1S/C6H8IN2O.HI/c1-9-6(10-2)4-3-5(7)8-9;/h3-4H,1-2H3;1H/q+1;/p-1. The van der Waals surface area contributed by atoms with E-state index in [1.54, 1.807) is 11.8 Å². The summed E-state index contributed by atoms with van der Waals surface area (Å²) in [4.78, 5) is 0. The van der Waals surface area contributed by atoms with Crippen LogP contribution in [0.1, 0.15) is 0 Å². The molecule has 1 heterocycles. The molecule has 0 aromatic carbocycles. The molecule has 0 atom stereocenters. The summed E-state index contributed by atoms with van der Waals surface area (Å²) in [5.74, 6) is 0.764. The van der Waals surface area contributed by atoms with E-state index in [0.29, 0.717) is 0 Å². The highest BCUT2D eigenvalue weighted by Crippen LogP contribution is 2.02. The Kier molecular flexibility index (Phi) is 5.23. The predicted molar refractivity (Wildman–Crippen MR) is 44.7 cm³/mol. The number of hydrogen-bond acceptors (Lipinski definition) is 2. The number of ether oxygens (including phenoxy) is 1. The van der Waals surface area contributed by atoms with Gasteiger partial charge in [-0.1, -0.05) is 4.68 Å². The van der Waals surface area contributed by atoms with Crippen LogP contribution >= 0.6 is 22.6 Å². The van der Waals surface area contributed by atoms with Gasteiger partial charge in [0.05, 0.1) is 13.2 Å². The van der Waals surface area contributed by atoms with Crippen molar-refractivity contribution in [2.75, 3.05) is 7.11 Å². The van der Waals surface area contributed by atoms with Crippen molar-refractivity contribution in [2.24, 2.45) is 7.05 Å². The Morgan fingerprint density at radius 3 is 2.64 bits per heavy atom. The maximum atomic E-state index is 5.00. The van der Waals surface area contributed by atoms with Gasteiger partial charge >= 0.3 is 5.88 Å². The highest BCUT2D eigenvalue weighted by Gasteiger charge is 2.06. The lowest BCUT2D eigenvalue weighted by Crippen LogP contribution is -3.00. The molecule has 0 unspecified atom stereocenters. The van der Waals surface area contributed by atoms with Gasteiger partial charge in [0.2, 0.25) is 0 Å². The first-order valence-electron chi connectivity index (χ1n) is 2.81. The first-order chi connectivity index (χ1) is 4.74. The molecule has 0 fully saturated rings. The molecule has 5 heteroatoms. The molecular weight excluding hydrogens is 370 g/mol. The summed E-state index contributed by atoms with van der Waals surface area (Å²) >= 11 is 2.15. The fourth-order valence-corrected chi connectivity index (χ4v) is 1.18. The van der Waals surface area contributed by atoms with Crippen LogP contribution in [0.25, 0.3) is 0 Å². The summed E-state index contributed by atoms with van der Waals surface area (Å²) in [6, 6.07) is 3.79. The van der Waals surface area contributed by atoms with Gasteiger partial charge in [-0.05, 0) is 28.7 Å². The molecule has 0 aliphatic carbocycles. The van der Waals surface area contributed by atoms with Crippen molar-refractivity contribution in [1.82, 2.24) is 5.10 Å². The Morgan fingerprint density at radius 2 is 2.18 bits per heavy atom. The highest BCUT2D eigenvalue weighted by atomic mass is 127. The van der Waals surface area contributed by atoms with E-state index in [9.17, 15) is 0 Å². The Labute approximate surface area is 96.3 Å². The Hall–Kier alpha value is 0.340. The number of nitrogens with zero attached hydrogens (tertiary/aromatic N) is 2. The van der Waals surface area contributed by atoms with Crippen molar-refractivity contribution >= 4 is 22.6 Å². The Morgan fingerprint density at radius 1 is 1.55 bits per heavy atom. The van der Waals surface area contributed by atoms with Gasteiger partial charge in [0, 0.05) is 5.10 Å². The molecule has 0 spiro atoms. The molecule has 0 N–H and O–H groups in total. The summed E-state index contributed by atoms with van der Waals surface area (Å²) in [5, 5.41) is 4.12. The minimum absolute atomic E-state index is 0. The van der Waals surface area contributed by atoms with Crippen LogP contribution in [0.15, 0.2) is 12.1 Å². The van der Waals surface area contributed by atoms with Crippen molar-refractivity contribution in [3.8, 4) is 5.88 Å². The van der Waals surface area contributed by atoms with Crippen LogP contribution in [0.3, 0.4) is 0 Å². The van der Waals surface area contributed by atoms with E-state index in [1.807, 2.05) is 19.2 Å². The van der Waals surface area contributed by atoms with E-state index in [1.165, 1.54) is 0 Å². The number of aromatic nitrogens is 2. The summed E-state index contributed by atoms with van der Waals surface area (Å²) in [7, 11) is 3.48. The second-order valence-corrected chi connectivity index (χ2v) is 2.93. The van der Waals surface area contributed by atoms with Gasteiger partial charge in [0.25, 0.3) is 0 Å². The number of rotatable bonds is 1. The lowest BCUT2D eigenvalue weighted by atomic mass is 10.6. The summed E-state index contributed by atoms with van der Waals surface area (Å²) in [6.07, 6.45) is 0. The third-order valence-corrected chi connectivity index (χ3v) is 1.71. The van der Waals surface area contributed by atoms with E-state index >= 15 is 0 Å². The van der Waals surface area contributed by atoms with Gasteiger partial charge in [-0.15, -0.1) is 0 Å². The second kappa shape index (κ2) is 5.07. The summed E-state index contributed by atoms with van der Waals surface area (Å²) < 4.78 is 7.65. The molecule has 0 saturated heterocycles. The molecule has 3 nitrogen and oxygen atoms in total. The van der Waals surface area contributed by atoms with Crippen molar-refractivity contribution < 1.29 is 33.4 Å². The second-order valence-electron chi connectivity index (χ2n) is 1.82. The smallest absolute Gasteiger partial charge is 0.393 e. The van der Waals surface area contributed by atoms with Gasteiger partial charge in [-0.3, -0.25) is 0 Å². The molecule has 0 radical (unpaired) electrons. The molecule has 0 aliphatic rings. The van der Waals surface area contributed by atoms with E-state index in [0.717, 1.165) is 9.58 Å². The third kappa shape index (κ3) is 3.06. The lowest BCUT2D eigenvalue weighted by Gasteiger charge is -1.93. The van der Waals surface area contributed by atoms with Gasteiger partial charge in [-0.2, -0.15) is 0 Å². The van der Waals surface area contributed by atoms with Gasteiger partial charge in [0.1, 0.15) is 0 Å². The largest absolute Gasteiger partial charge is 1.00 e. The Bertz CT molecular complexity index is 242. The minimum atomic E-state index is 0. The van der Waals surface area contributed by atoms with Crippen molar-refractivity contribution in [3.05, 3.63) is 15.8 Å².